The molecule has 3 N–H and O–H groups in total. The maximum Gasteiger partial charge on any atom is 0.228 e. The third-order valence-corrected chi connectivity index (χ3v) is 4.21. The molecule has 124 valence electrons. The van der Waals surface area contributed by atoms with E-state index in [0.29, 0.717) is 6.42 Å². The van der Waals surface area contributed by atoms with Crippen molar-refractivity contribution in [3.8, 4) is 11.3 Å². The smallest absolute Gasteiger partial charge is 0.228 e. The Morgan fingerprint density at radius 1 is 1.12 bits per heavy atom. The van der Waals surface area contributed by atoms with Crippen molar-refractivity contribution in [2.24, 2.45) is 0 Å². The van der Waals surface area contributed by atoms with Crippen LogP contribution in [0.3, 0.4) is 0 Å². The molecule has 0 aliphatic rings. The fourth-order valence-electron chi connectivity index (χ4n) is 2.96. The average Bonchev–Trinajstić information content (AvgIpc) is 3.22. The van der Waals surface area contributed by atoms with E-state index in [1.165, 1.54) is 0 Å². The van der Waals surface area contributed by atoms with E-state index in [-0.39, 0.29) is 5.91 Å². The van der Waals surface area contributed by atoms with Crippen LogP contribution in [0.1, 0.15) is 11.4 Å². The predicted molar refractivity (Wildman–Crippen MR) is 99.4 cm³/mol. The number of aromatic amines is 2. The number of para-hydroxylation sites is 1. The number of amides is 1. The third-order valence-electron chi connectivity index (χ3n) is 4.21. The standard InChI is InChI=1S/C20H18N4O/c1-13-21-12-19(23-13)14-6-8-16(9-7-14)24-20(25)10-15-11-22-18-5-3-2-4-17(15)18/h2-9,11-12,22H,10H2,1H3,(H,21,23)(H,24,25). The minimum Gasteiger partial charge on any atom is -0.361 e. The van der Waals surface area contributed by atoms with Crippen LogP contribution in [-0.2, 0) is 11.2 Å². The molecule has 5 heteroatoms. The maximum atomic E-state index is 12.3. The van der Waals surface area contributed by atoms with Crippen LogP contribution in [-0.4, -0.2) is 20.9 Å². The van der Waals surface area contributed by atoms with Crippen molar-refractivity contribution in [2.45, 2.75) is 13.3 Å². The van der Waals surface area contributed by atoms with Gasteiger partial charge in [-0.15, -0.1) is 0 Å². The molecule has 0 aliphatic heterocycles. The number of rotatable bonds is 4. The third kappa shape index (κ3) is 3.17. The van der Waals surface area contributed by atoms with Crippen LogP contribution in [0.4, 0.5) is 5.69 Å². The number of hydrogen-bond acceptors (Lipinski definition) is 2. The van der Waals surface area contributed by atoms with Gasteiger partial charge >= 0.3 is 0 Å². The van der Waals surface area contributed by atoms with Crippen LogP contribution in [0.2, 0.25) is 0 Å². The maximum absolute atomic E-state index is 12.3. The number of nitrogens with one attached hydrogen (secondary N) is 3. The Bertz CT molecular complexity index is 1030. The fraction of sp³-hybridized carbons (Fsp3) is 0.100. The Labute approximate surface area is 145 Å². The molecule has 0 unspecified atom stereocenters. The van der Waals surface area contributed by atoms with Crippen LogP contribution < -0.4 is 5.32 Å². The van der Waals surface area contributed by atoms with Gasteiger partial charge in [0.1, 0.15) is 5.82 Å². The summed E-state index contributed by atoms with van der Waals surface area (Å²) in [5.41, 5.74) is 4.83. The number of fused-ring (bicyclic) bond motifs is 1. The van der Waals surface area contributed by atoms with Crippen LogP contribution >= 0.6 is 0 Å². The second kappa shape index (κ2) is 6.28. The molecule has 0 aliphatic carbocycles. The molecule has 0 bridgehead atoms. The summed E-state index contributed by atoms with van der Waals surface area (Å²) in [5.74, 6) is 0.848. The van der Waals surface area contributed by atoms with Gasteiger partial charge in [0, 0.05) is 22.8 Å². The minimum atomic E-state index is -0.0325. The molecule has 0 saturated heterocycles. The number of aromatic nitrogens is 3. The van der Waals surface area contributed by atoms with Crippen molar-refractivity contribution >= 4 is 22.5 Å². The van der Waals surface area contributed by atoms with Crippen molar-refractivity contribution in [3.63, 3.8) is 0 Å². The number of carbonyl (C=O) groups excluding carboxylic acids is 1. The van der Waals surface area contributed by atoms with Crippen molar-refractivity contribution in [1.82, 2.24) is 15.0 Å². The summed E-state index contributed by atoms with van der Waals surface area (Å²) in [6.07, 6.45) is 4.04. The minimum absolute atomic E-state index is 0.0325. The van der Waals surface area contributed by atoms with Gasteiger partial charge in [-0.05, 0) is 36.2 Å². The highest BCUT2D eigenvalue weighted by atomic mass is 16.1. The predicted octanol–water partition coefficient (Wildman–Crippen LogP) is 4.05. The molecule has 0 saturated carbocycles. The number of anilines is 1. The zero-order valence-electron chi connectivity index (χ0n) is 13.8. The number of nitrogens with zero attached hydrogens (tertiary/aromatic N) is 1. The van der Waals surface area contributed by atoms with E-state index in [0.717, 1.165) is 39.2 Å². The highest BCUT2D eigenvalue weighted by Crippen LogP contribution is 2.21. The zero-order chi connectivity index (χ0) is 17.2. The molecule has 0 radical (unpaired) electrons. The molecular formula is C20H18N4O. The second-order valence-electron chi connectivity index (χ2n) is 6.04. The van der Waals surface area contributed by atoms with Gasteiger partial charge in [-0.2, -0.15) is 0 Å². The summed E-state index contributed by atoms with van der Waals surface area (Å²) >= 11 is 0. The van der Waals surface area contributed by atoms with E-state index < -0.39 is 0 Å². The van der Waals surface area contributed by atoms with Gasteiger partial charge in [-0.1, -0.05) is 30.3 Å². The molecule has 1 amide bonds. The van der Waals surface area contributed by atoms with Crippen molar-refractivity contribution in [2.75, 3.05) is 5.32 Å². The Kier molecular flexibility index (Phi) is 3.82. The lowest BCUT2D eigenvalue weighted by Crippen LogP contribution is -2.14. The topological polar surface area (TPSA) is 73.6 Å². The lowest BCUT2D eigenvalue weighted by atomic mass is 10.1. The van der Waals surface area contributed by atoms with Gasteiger partial charge in [0.25, 0.3) is 0 Å². The Balaban J connectivity index is 1.45. The molecule has 4 aromatic rings. The quantitative estimate of drug-likeness (QED) is 0.528. The van der Waals surface area contributed by atoms with Gasteiger partial charge < -0.3 is 15.3 Å². The molecule has 0 atom stereocenters. The van der Waals surface area contributed by atoms with Gasteiger partial charge in [-0.25, -0.2) is 4.98 Å². The number of H-pyrrole nitrogens is 2. The van der Waals surface area contributed by atoms with Gasteiger partial charge in [0.05, 0.1) is 18.3 Å². The van der Waals surface area contributed by atoms with Crippen LogP contribution in [0.25, 0.3) is 22.2 Å². The first-order chi connectivity index (χ1) is 12.2. The zero-order valence-corrected chi connectivity index (χ0v) is 13.8. The van der Waals surface area contributed by atoms with Crippen molar-refractivity contribution in [1.29, 1.82) is 0 Å². The number of carbonyl (C=O) groups is 1. The van der Waals surface area contributed by atoms with E-state index in [1.807, 2.05) is 61.7 Å². The van der Waals surface area contributed by atoms with Gasteiger partial charge in [-0.3, -0.25) is 4.79 Å². The number of aryl methyl sites for hydroxylation is 1. The molecule has 4 rings (SSSR count). The van der Waals surface area contributed by atoms with Crippen LogP contribution in [0.5, 0.6) is 0 Å². The first-order valence-corrected chi connectivity index (χ1v) is 8.16. The fourth-order valence-corrected chi connectivity index (χ4v) is 2.96. The SMILES string of the molecule is Cc1ncc(-c2ccc(NC(=O)Cc3c[nH]c4ccccc34)cc2)[nH]1. The van der Waals surface area contributed by atoms with Gasteiger partial charge in [0.15, 0.2) is 0 Å². The Morgan fingerprint density at radius 2 is 1.92 bits per heavy atom. The number of hydrogen-bond donors (Lipinski definition) is 3. The van der Waals surface area contributed by atoms with E-state index >= 15 is 0 Å². The monoisotopic (exact) mass is 330 g/mol. The van der Waals surface area contributed by atoms with E-state index in [1.54, 1.807) is 6.20 Å². The molecule has 25 heavy (non-hydrogen) atoms. The van der Waals surface area contributed by atoms with Crippen molar-refractivity contribution < 1.29 is 4.79 Å². The highest BCUT2D eigenvalue weighted by Gasteiger charge is 2.09. The molecule has 2 aromatic carbocycles. The van der Waals surface area contributed by atoms with Crippen molar-refractivity contribution in [3.05, 3.63) is 72.3 Å². The first kappa shape index (κ1) is 15.2. The van der Waals surface area contributed by atoms with E-state index in [9.17, 15) is 4.79 Å². The molecule has 0 spiro atoms. The molecule has 2 heterocycles. The summed E-state index contributed by atoms with van der Waals surface area (Å²) in [5, 5.41) is 4.04. The highest BCUT2D eigenvalue weighted by molar-refractivity contribution is 5.95. The largest absolute Gasteiger partial charge is 0.361 e. The Morgan fingerprint density at radius 3 is 2.68 bits per heavy atom. The number of imidazole rings is 1. The summed E-state index contributed by atoms with van der Waals surface area (Å²) < 4.78 is 0. The Hall–Kier alpha value is -3.34. The molecular weight excluding hydrogens is 312 g/mol. The lowest BCUT2D eigenvalue weighted by molar-refractivity contribution is -0.115. The summed E-state index contributed by atoms with van der Waals surface area (Å²) in [7, 11) is 0. The van der Waals surface area contributed by atoms with E-state index in [4.69, 9.17) is 0 Å². The van der Waals surface area contributed by atoms with Crippen LogP contribution in [0, 0.1) is 6.92 Å². The summed E-state index contributed by atoms with van der Waals surface area (Å²) in [6, 6.07) is 15.7. The summed E-state index contributed by atoms with van der Waals surface area (Å²) in [6.45, 7) is 1.92. The molecule has 2 aromatic heterocycles. The van der Waals surface area contributed by atoms with Crippen LogP contribution in [0.15, 0.2) is 60.9 Å². The van der Waals surface area contributed by atoms with E-state index in [2.05, 4.69) is 20.3 Å². The number of benzene rings is 2. The lowest BCUT2D eigenvalue weighted by Gasteiger charge is -2.06. The average molecular weight is 330 g/mol. The summed E-state index contributed by atoms with van der Waals surface area (Å²) in [4.78, 5) is 22.9. The second-order valence-corrected chi connectivity index (χ2v) is 6.04. The van der Waals surface area contributed by atoms with Gasteiger partial charge in [0.2, 0.25) is 5.91 Å². The molecule has 0 fully saturated rings. The first-order valence-electron chi connectivity index (χ1n) is 8.16. The molecule has 5 nitrogen and oxygen atoms in total. The normalized spacial score (nSPS) is 10.9.